The summed E-state index contributed by atoms with van der Waals surface area (Å²) in [6.45, 7) is 0. The summed E-state index contributed by atoms with van der Waals surface area (Å²) < 4.78 is 53.7. The van der Waals surface area contributed by atoms with E-state index in [1.54, 1.807) is 29.0 Å². The molecule has 0 bridgehead atoms. The number of carboxylic acid groups (broad SMARTS) is 1. The van der Waals surface area contributed by atoms with Gasteiger partial charge in [0.25, 0.3) is 0 Å². The topological polar surface area (TPSA) is 97.5 Å². The first kappa shape index (κ1) is 36.5. The highest BCUT2D eigenvalue weighted by atomic mass is 79.9. The molecule has 226 valence electrons. The summed E-state index contributed by atoms with van der Waals surface area (Å²) in [5, 5.41) is 13.8. The van der Waals surface area contributed by atoms with Crippen molar-refractivity contribution in [2.24, 2.45) is 0 Å². The van der Waals surface area contributed by atoms with Crippen LogP contribution in [-0.4, -0.2) is 23.1 Å². The van der Waals surface area contributed by atoms with Gasteiger partial charge in [-0.15, -0.1) is 34.0 Å². The summed E-state index contributed by atoms with van der Waals surface area (Å²) in [5.74, 6) is -3.96. The average Bonchev–Trinajstić information content (AvgIpc) is 3.71. The van der Waals surface area contributed by atoms with Crippen molar-refractivity contribution in [3.05, 3.63) is 128 Å². The highest BCUT2D eigenvalue weighted by molar-refractivity contribution is 9.11. The van der Waals surface area contributed by atoms with Gasteiger partial charge in [-0.2, -0.15) is 0 Å². The van der Waals surface area contributed by atoms with Crippen LogP contribution < -0.4 is 5.73 Å². The number of ketones is 1. The van der Waals surface area contributed by atoms with Crippen LogP contribution in [0.25, 0.3) is 0 Å². The standard InChI is InChI=1S/C12H7BrF2OS.C6H5F2N.C5H3BrO2S.C5H3BrOS/c13-7-4-12(17-6-7)11(16)5-8-9(14)2-1-3-10(8)15;7-4-2-1-3-5(8)6(4)9;6-3-1-4(5(7)8)9-2-3;6-4-1-5(2-7)8-3-4/h1-4,6H,5H2;1-3H,9H2;1-2H,(H,7,8);1-3H. The van der Waals surface area contributed by atoms with Crippen molar-refractivity contribution in [2.75, 3.05) is 5.73 Å². The number of Topliss-reactive ketones (excluding diaryl/α,β-unsaturated/α-hetero) is 1. The quantitative estimate of drug-likeness (QED) is 0.0795. The Bertz CT molecular complexity index is 1650. The van der Waals surface area contributed by atoms with Gasteiger partial charge in [-0.3, -0.25) is 9.59 Å². The van der Waals surface area contributed by atoms with Crippen molar-refractivity contribution < 1.29 is 37.1 Å². The van der Waals surface area contributed by atoms with Gasteiger partial charge in [-0.05, 0) is 90.3 Å². The van der Waals surface area contributed by atoms with Gasteiger partial charge in [0.2, 0.25) is 0 Å². The Kier molecular flexibility index (Phi) is 15.4. The molecule has 0 radical (unpaired) electrons. The summed E-state index contributed by atoms with van der Waals surface area (Å²) in [4.78, 5) is 33.6. The number of carboxylic acids is 1. The number of aldehydes is 1. The third-order valence-electron chi connectivity index (χ3n) is 4.72. The third kappa shape index (κ3) is 12.4. The number of para-hydroxylation sites is 1. The molecule has 5 aromatic rings. The molecule has 3 heterocycles. The van der Waals surface area contributed by atoms with E-state index in [1.807, 2.05) is 5.38 Å². The Morgan fingerprint density at radius 1 is 0.744 bits per heavy atom. The lowest BCUT2D eigenvalue weighted by molar-refractivity contribution is 0.0701. The number of thiophene rings is 3. The van der Waals surface area contributed by atoms with Crippen molar-refractivity contribution in [2.45, 2.75) is 6.42 Å². The molecule has 5 rings (SSSR count). The minimum absolute atomic E-state index is 0.179. The summed E-state index contributed by atoms with van der Waals surface area (Å²) in [7, 11) is 0. The molecular formula is C28H18Br3F4NO4S3. The van der Waals surface area contributed by atoms with Gasteiger partial charge in [-0.1, -0.05) is 12.1 Å². The molecule has 15 heteroatoms. The fourth-order valence-corrected chi connectivity index (χ4v) is 6.61. The Morgan fingerprint density at radius 2 is 1.19 bits per heavy atom. The van der Waals surface area contributed by atoms with Crippen molar-refractivity contribution in [1.82, 2.24) is 0 Å². The van der Waals surface area contributed by atoms with E-state index in [4.69, 9.17) is 10.8 Å². The zero-order valence-electron chi connectivity index (χ0n) is 21.3. The van der Waals surface area contributed by atoms with Crippen molar-refractivity contribution in [3.63, 3.8) is 0 Å². The van der Waals surface area contributed by atoms with E-state index >= 15 is 0 Å². The summed E-state index contributed by atoms with van der Waals surface area (Å²) in [5.41, 5.74) is 4.33. The first-order valence-electron chi connectivity index (χ1n) is 11.4. The van der Waals surface area contributed by atoms with E-state index in [9.17, 15) is 31.9 Å². The van der Waals surface area contributed by atoms with Gasteiger partial charge in [0, 0.05) is 41.5 Å². The van der Waals surface area contributed by atoms with Gasteiger partial charge in [0.1, 0.15) is 33.8 Å². The molecule has 0 saturated heterocycles. The number of anilines is 1. The number of nitrogens with two attached hydrogens (primary N) is 1. The lowest BCUT2D eigenvalue weighted by Gasteiger charge is -2.02. The smallest absolute Gasteiger partial charge is 0.345 e. The number of nitrogen functional groups attached to an aromatic ring is 1. The van der Waals surface area contributed by atoms with E-state index in [1.165, 1.54) is 46.1 Å². The molecule has 0 aliphatic carbocycles. The lowest BCUT2D eigenvalue weighted by atomic mass is 10.1. The molecule has 3 N–H and O–H groups in total. The SMILES string of the molecule is Nc1c(F)cccc1F.O=C(Cc1c(F)cccc1F)c1cc(Br)cs1.O=C(O)c1cc(Br)cs1.O=Cc1cc(Br)cs1. The van der Waals surface area contributed by atoms with E-state index in [0.29, 0.717) is 9.75 Å². The van der Waals surface area contributed by atoms with Crippen LogP contribution in [0.15, 0.2) is 84.2 Å². The average molecular weight is 844 g/mol. The molecule has 5 nitrogen and oxygen atoms in total. The maximum absolute atomic E-state index is 13.3. The molecule has 3 aromatic heterocycles. The molecule has 0 aliphatic heterocycles. The Labute approximate surface area is 280 Å². The van der Waals surface area contributed by atoms with Crippen LogP contribution in [0.5, 0.6) is 0 Å². The predicted octanol–water partition coefficient (Wildman–Crippen LogP) is 10.3. The zero-order valence-corrected chi connectivity index (χ0v) is 28.5. The van der Waals surface area contributed by atoms with Crippen molar-refractivity contribution in [1.29, 1.82) is 0 Å². The first-order chi connectivity index (χ1) is 20.3. The number of aromatic carboxylic acids is 1. The summed E-state index contributed by atoms with van der Waals surface area (Å²) in [6, 6.07) is 12.1. The second-order valence-corrected chi connectivity index (χ2v) is 13.3. The van der Waals surface area contributed by atoms with E-state index in [2.05, 4.69) is 47.8 Å². The molecule has 0 unspecified atom stereocenters. The maximum atomic E-state index is 13.3. The molecule has 0 aliphatic rings. The number of hydrogen-bond acceptors (Lipinski definition) is 7. The zero-order chi connectivity index (χ0) is 32.1. The van der Waals surface area contributed by atoms with E-state index in [-0.39, 0.29) is 17.8 Å². The molecular weight excluding hydrogens is 826 g/mol. The summed E-state index contributed by atoms with van der Waals surface area (Å²) in [6.07, 6.45) is 0.584. The molecule has 2 aromatic carbocycles. The Balaban J connectivity index is 0.000000213. The molecule has 0 amide bonds. The number of carbonyl (C=O) groups excluding carboxylic acids is 2. The summed E-state index contributed by atoms with van der Waals surface area (Å²) >= 11 is 13.5. The molecule has 43 heavy (non-hydrogen) atoms. The van der Waals surface area contributed by atoms with E-state index in [0.717, 1.165) is 48.8 Å². The van der Waals surface area contributed by atoms with Crippen LogP contribution in [0, 0.1) is 23.3 Å². The van der Waals surface area contributed by atoms with Crippen LogP contribution in [0.1, 0.15) is 34.6 Å². The minimum Gasteiger partial charge on any atom is -0.477 e. The fraction of sp³-hybridized carbons (Fsp3) is 0.0357. The Morgan fingerprint density at radius 3 is 1.51 bits per heavy atom. The molecule has 0 saturated carbocycles. The van der Waals surface area contributed by atoms with Gasteiger partial charge in [0.05, 0.1) is 9.75 Å². The minimum atomic E-state index is -0.870. The van der Waals surface area contributed by atoms with Crippen molar-refractivity contribution >= 4 is 106 Å². The van der Waals surface area contributed by atoms with Crippen LogP contribution >= 0.6 is 81.8 Å². The third-order valence-corrected chi connectivity index (χ3v) is 9.75. The van der Waals surface area contributed by atoms with Crippen LogP contribution in [0.3, 0.4) is 0 Å². The van der Waals surface area contributed by atoms with Gasteiger partial charge in [0.15, 0.2) is 12.1 Å². The van der Waals surface area contributed by atoms with Crippen LogP contribution in [0.2, 0.25) is 0 Å². The second-order valence-electron chi connectivity index (χ2n) is 7.78. The largest absolute Gasteiger partial charge is 0.477 e. The molecule has 0 atom stereocenters. The van der Waals surface area contributed by atoms with Gasteiger partial charge >= 0.3 is 5.97 Å². The monoisotopic (exact) mass is 841 g/mol. The highest BCUT2D eigenvalue weighted by Crippen LogP contribution is 2.23. The first-order valence-corrected chi connectivity index (χ1v) is 16.4. The number of hydrogen-bond donors (Lipinski definition) is 2. The number of halogens is 7. The normalized spacial score (nSPS) is 9.84. The molecule has 0 spiro atoms. The number of benzene rings is 2. The van der Waals surface area contributed by atoms with Crippen LogP contribution in [-0.2, 0) is 6.42 Å². The van der Waals surface area contributed by atoms with Crippen molar-refractivity contribution in [3.8, 4) is 0 Å². The predicted molar refractivity (Wildman–Crippen MR) is 174 cm³/mol. The van der Waals surface area contributed by atoms with Gasteiger partial charge < -0.3 is 10.8 Å². The number of rotatable bonds is 5. The fourth-order valence-electron chi connectivity index (χ4n) is 2.73. The lowest BCUT2D eigenvalue weighted by Crippen LogP contribution is -2.05. The Hall–Kier alpha value is -2.69. The molecule has 0 fully saturated rings. The highest BCUT2D eigenvalue weighted by Gasteiger charge is 2.15. The second kappa shape index (κ2) is 18.2. The van der Waals surface area contributed by atoms with E-state index < -0.39 is 34.9 Å². The maximum Gasteiger partial charge on any atom is 0.345 e. The van der Waals surface area contributed by atoms with Gasteiger partial charge in [-0.25, -0.2) is 22.4 Å². The van der Waals surface area contributed by atoms with Crippen LogP contribution in [0.4, 0.5) is 23.2 Å². The number of carbonyl (C=O) groups is 3.